The molecule has 0 radical (unpaired) electrons. The van der Waals surface area contributed by atoms with Crippen LogP contribution < -0.4 is 5.32 Å². The number of hydrogen-bond acceptors (Lipinski definition) is 3. The third-order valence-corrected chi connectivity index (χ3v) is 2.08. The van der Waals surface area contributed by atoms with E-state index in [0.29, 0.717) is 5.56 Å². The van der Waals surface area contributed by atoms with Gasteiger partial charge in [-0.15, -0.1) is 0 Å². The second-order valence-electron chi connectivity index (χ2n) is 2.86. The fourth-order valence-corrected chi connectivity index (χ4v) is 1.27. The van der Waals surface area contributed by atoms with Gasteiger partial charge < -0.3 is 5.11 Å². The van der Waals surface area contributed by atoms with Crippen molar-refractivity contribution in [3.63, 3.8) is 0 Å². The number of β-lactam (4-membered cyclic amide) rings is 2. The van der Waals surface area contributed by atoms with Crippen molar-refractivity contribution in [1.82, 2.24) is 5.32 Å². The third-order valence-electron chi connectivity index (χ3n) is 2.08. The summed E-state index contributed by atoms with van der Waals surface area (Å²) in [4.78, 5) is 22.0. The predicted molar refractivity (Wildman–Crippen MR) is 43.5 cm³/mol. The first-order valence-electron chi connectivity index (χ1n) is 3.79. The van der Waals surface area contributed by atoms with E-state index in [0.717, 1.165) is 0 Å². The first-order chi connectivity index (χ1) is 6.15. The van der Waals surface area contributed by atoms with Crippen LogP contribution >= 0.6 is 0 Å². The Morgan fingerprint density at radius 3 is 2.08 bits per heavy atom. The normalized spacial score (nSPS) is 19.2. The molecular formula is C9H7NO3. The first-order valence-corrected chi connectivity index (χ1v) is 3.79. The summed E-state index contributed by atoms with van der Waals surface area (Å²) in [7, 11) is 0. The monoisotopic (exact) mass is 177 g/mol. The van der Waals surface area contributed by atoms with Crippen LogP contribution in [0.25, 0.3) is 0 Å². The molecule has 1 aromatic carbocycles. The molecule has 0 spiro atoms. The highest BCUT2D eigenvalue weighted by atomic mass is 16.3. The number of nitrogens with one attached hydrogen (secondary N) is 1. The molecule has 0 saturated carbocycles. The van der Waals surface area contributed by atoms with Gasteiger partial charge in [0.05, 0.1) is 0 Å². The Hall–Kier alpha value is -1.68. The van der Waals surface area contributed by atoms with Gasteiger partial charge in [-0.2, -0.15) is 0 Å². The topological polar surface area (TPSA) is 66.4 Å². The maximum absolute atomic E-state index is 11.0. The van der Waals surface area contributed by atoms with Crippen molar-refractivity contribution in [1.29, 1.82) is 0 Å². The van der Waals surface area contributed by atoms with Gasteiger partial charge in [0.1, 0.15) is 0 Å². The van der Waals surface area contributed by atoms with Crippen LogP contribution in [0, 0.1) is 0 Å². The molecule has 2 N–H and O–H groups in total. The van der Waals surface area contributed by atoms with Crippen LogP contribution in [-0.2, 0) is 15.2 Å². The second kappa shape index (κ2) is 2.40. The molecule has 1 aliphatic rings. The van der Waals surface area contributed by atoms with Crippen LogP contribution in [0.3, 0.4) is 0 Å². The van der Waals surface area contributed by atoms with Gasteiger partial charge >= 0.3 is 0 Å². The van der Waals surface area contributed by atoms with Crippen molar-refractivity contribution in [3.05, 3.63) is 35.9 Å². The summed E-state index contributed by atoms with van der Waals surface area (Å²) >= 11 is 0. The summed E-state index contributed by atoms with van der Waals surface area (Å²) in [5, 5.41) is 11.6. The Kier molecular flexibility index (Phi) is 1.47. The lowest BCUT2D eigenvalue weighted by Gasteiger charge is -2.33. The number of carbonyl (C=O) groups is 2. The van der Waals surface area contributed by atoms with Crippen molar-refractivity contribution >= 4 is 11.8 Å². The summed E-state index contributed by atoms with van der Waals surface area (Å²) in [6.07, 6.45) is 0. The van der Waals surface area contributed by atoms with Crippen LogP contribution in [0.1, 0.15) is 5.56 Å². The van der Waals surface area contributed by atoms with E-state index in [1.165, 1.54) is 12.1 Å². The molecule has 13 heavy (non-hydrogen) atoms. The van der Waals surface area contributed by atoms with Crippen LogP contribution in [-0.4, -0.2) is 16.9 Å². The van der Waals surface area contributed by atoms with Gasteiger partial charge in [-0.1, -0.05) is 30.3 Å². The number of carbonyl (C=O) groups excluding carboxylic acids is 2. The highest BCUT2D eigenvalue weighted by molar-refractivity contribution is 6.24. The molecule has 1 aromatic rings. The van der Waals surface area contributed by atoms with Gasteiger partial charge in [0.25, 0.3) is 11.8 Å². The van der Waals surface area contributed by atoms with Crippen LogP contribution in [0.15, 0.2) is 30.3 Å². The predicted octanol–water partition coefficient (Wildman–Crippen LogP) is -0.469. The van der Waals surface area contributed by atoms with Gasteiger partial charge in [0.15, 0.2) is 0 Å². The van der Waals surface area contributed by atoms with Gasteiger partial charge in [0, 0.05) is 5.56 Å². The van der Waals surface area contributed by atoms with Gasteiger partial charge in [0.2, 0.25) is 5.60 Å². The largest absolute Gasteiger partial charge is 0.368 e. The van der Waals surface area contributed by atoms with E-state index in [-0.39, 0.29) is 0 Å². The summed E-state index contributed by atoms with van der Waals surface area (Å²) in [5.41, 5.74) is -1.65. The lowest BCUT2D eigenvalue weighted by atomic mass is 9.86. The maximum atomic E-state index is 11.0. The summed E-state index contributed by atoms with van der Waals surface area (Å²) in [6, 6.07) is 8.14. The maximum Gasteiger partial charge on any atom is 0.273 e. The van der Waals surface area contributed by atoms with E-state index in [9.17, 15) is 14.7 Å². The van der Waals surface area contributed by atoms with Gasteiger partial charge in [-0.25, -0.2) is 0 Å². The zero-order valence-electron chi connectivity index (χ0n) is 6.65. The molecule has 2 amide bonds. The summed E-state index contributed by atoms with van der Waals surface area (Å²) in [6.45, 7) is 0. The smallest absolute Gasteiger partial charge is 0.273 e. The SMILES string of the molecule is O=C1NC(=O)C1(O)c1ccccc1. The lowest BCUT2D eigenvalue weighted by molar-refractivity contribution is -0.170. The molecule has 4 heteroatoms. The number of aliphatic hydroxyl groups is 1. The van der Waals surface area contributed by atoms with Crippen LogP contribution in [0.2, 0.25) is 0 Å². The first kappa shape index (κ1) is 7.94. The molecule has 1 saturated heterocycles. The number of amides is 2. The Balaban J connectivity index is 2.46. The molecule has 1 heterocycles. The van der Waals surface area contributed by atoms with Crippen molar-refractivity contribution < 1.29 is 14.7 Å². The third kappa shape index (κ3) is 0.891. The van der Waals surface area contributed by atoms with Crippen molar-refractivity contribution in [2.75, 3.05) is 0 Å². The molecule has 0 bridgehead atoms. The zero-order chi connectivity index (χ0) is 9.47. The number of benzene rings is 1. The van der Waals surface area contributed by atoms with E-state index >= 15 is 0 Å². The number of rotatable bonds is 1. The Labute approximate surface area is 74.2 Å². The average Bonchev–Trinajstić information content (AvgIpc) is 2.18. The molecule has 2 rings (SSSR count). The molecular weight excluding hydrogens is 170 g/mol. The molecule has 0 aromatic heterocycles. The summed E-state index contributed by atoms with van der Waals surface area (Å²) in [5.74, 6) is -1.33. The van der Waals surface area contributed by atoms with Crippen molar-refractivity contribution in [2.45, 2.75) is 5.60 Å². The zero-order valence-corrected chi connectivity index (χ0v) is 6.65. The van der Waals surface area contributed by atoms with Crippen molar-refractivity contribution in [2.24, 2.45) is 0 Å². The van der Waals surface area contributed by atoms with E-state index in [1.807, 2.05) is 5.32 Å². The minimum Gasteiger partial charge on any atom is -0.368 e. The van der Waals surface area contributed by atoms with Crippen molar-refractivity contribution in [3.8, 4) is 0 Å². The molecule has 4 nitrogen and oxygen atoms in total. The van der Waals surface area contributed by atoms with E-state index in [4.69, 9.17) is 0 Å². The average molecular weight is 177 g/mol. The molecule has 0 aliphatic carbocycles. The highest BCUT2D eigenvalue weighted by Crippen LogP contribution is 2.27. The second-order valence-corrected chi connectivity index (χ2v) is 2.86. The Morgan fingerprint density at radius 2 is 1.62 bits per heavy atom. The standard InChI is InChI=1S/C9H7NO3/c11-7-9(13,8(12)10-7)6-4-2-1-3-5-6/h1-5,13H,(H,10,11,12). The van der Waals surface area contributed by atoms with Gasteiger partial charge in [-0.3, -0.25) is 14.9 Å². The minimum absolute atomic E-state index is 0.309. The number of imide groups is 1. The van der Waals surface area contributed by atoms with Crippen LogP contribution in [0.4, 0.5) is 0 Å². The molecule has 66 valence electrons. The van der Waals surface area contributed by atoms with E-state index in [2.05, 4.69) is 0 Å². The molecule has 1 fully saturated rings. The minimum atomic E-state index is -1.96. The fraction of sp³-hybridized carbons (Fsp3) is 0.111. The van der Waals surface area contributed by atoms with E-state index in [1.54, 1.807) is 18.2 Å². The lowest BCUT2D eigenvalue weighted by Crippen LogP contribution is -2.67. The van der Waals surface area contributed by atoms with E-state index < -0.39 is 17.4 Å². The highest BCUT2D eigenvalue weighted by Gasteiger charge is 2.55. The molecule has 0 atom stereocenters. The molecule has 1 aliphatic heterocycles. The van der Waals surface area contributed by atoms with Gasteiger partial charge in [-0.05, 0) is 0 Å². The number of hydrogen-bond donors (Lipinski definition) is 2. The Bertz CT molecular complexity index is 358. The molecule has 0 unspecified atom stereocenters. The Morgan fingerprint density at radius 1 is 1.08 bits per heavy atom. The van der Waals surface area contributed by atoms with Crippen LogP contribution in [0.5, 0.6) is 0 Å². The summed E-state index contributed by atoms with van der Waals surface area (Å²) < 4.78 is 0. The quantitative estimate of drug-likeness (QED) is 0.450. The fourth-order valence-electron chi connectivity index (χ4n) is 1.27.